The Morgan fingerprint density at radius 3 is 2.54 bits per heavy atom. The number of hydrogen-bond donors (Lipinski definition) is 0. The predicted molar refractivity (Wildman–Crippen MR) is 87.2 cm³/mol. The van der Waals surface area contributed by atoms with E-state index >= 15 is 0 Å². The molecule has 1 aliphatic heterocycles. The summed E-state index contributed by atoms with van der Waals surface area (Å²) in [5.74, 6) is 0.0835. The van der Waals surface area contributed by atoms with Crippen molar-refractivity contribution in [1.29, 1.82) is 0 Å². The first-order valence-electron chi connectivity index (χ1n) is 8.88. The summed E-state index contributed by atoms with van der Waals surface area (Å²) in [7, 11) is -3.97. The van der Waals surface area contributed by atoms with Gasteiger partial charge < -0.3 is 4.74 Å². The molecule has 1 saturated heterocycles. The molecule has 0 unspecified atom stereocenters. The van der Waals surface area contributed by atoms with Gasteiger partial charge in [-0.2, -0.15) is 8.42 Å². The van der Waals surface area contributed by atoms with Gasteiger partial charge in [-0.1, -0.05) is 20.8 Å². The second-order valence-corrected chi connectivity index (χ2v) is 9.40. The lowest BCUT2D eigenvalue weighted by Crippen LogP contribution is -2.56. The molecule has 138 valence electrons. The molecule has 0 N–H and O–H groups in total. The topological polar surface area (TPSA) is 78.9 Å². The zero-order valence-corrected chi connectivity index (χ0v) is 15.7. The number of rotatable bonds is 1. The maximum Gasteiger partial charge on any atom is 0.400 e. The van der Waals surface area contributed by atoms with Crippen molar-refractivity contribution in [2.45, 2.75) is 65.6 Å². The molecule has 6 nitrogen and oxygen atoms in total. The lowest BCUT2D eigenvalue weighted by molar-refractivity contribution is -0.168. The molecule has 1 heterocycles. The van der Waals surface area contributed by atoms with Crippen molar-refractivity contribution in [2.24, 2.45) is 29.1 Å². The van der Waals surface area contributed by atoms with E-state index < -0.39 is 16.5 Å². The fourth-order valence-corrected chi connectivity index (χ4v) is 6.25. The molecule has 0 amide bonds. The second kappa shape index (κ2) is 6.25. The van der Waals surface area contributed by atoms with Gasteiger partial charge in [-0.3, -0.25) is 4.79 Å². The van der Waals surface area contributed by atoms with Crippen LogP contribution in [0.2, 0.25) is 0 Å². The van der Waals surface area contributed by atoms with Crippen LogP contribution in [0.4, 0.5) is 0 Å². The van der Waals surface area contributed by atoms with Crippen LogP contribution in [0.25, 0.3) is 0 Å². The van der Waals surface area contributed by atoms with Crippen molar-refractivity contribution in [3.8, 4) is 0 Å². The molecule has 24 heavy (non-hydrogen) atoms. The molecule has 0 bridgehead atoms. The first kappa shape index (κ1) is 18.1. The molecule has 3 aliphatic rings. The summed E-state index contributed by atoms with van der Waals surface area (Å²) in [5.41, 5.74) is 0.0107. The second-order valence-electron chi connectivity index (χ2n) is 8.16. The van der Waals surface area contributed by atoms with Gasteiger partial charge in [-0.05, 0) is 54.8 Å². The van der Waals surface area contributed by atoms with Crippen LogP contribution in [0, 0.1) is 29.1 Å². The van der Waals surface area contributed by atoms with Gasteiger partial charge in [0, 0.05) is 6.92 Å². The molecular formula is C17H28O6S. The van der Waals surface area contributed by atoms with E-state index in [9.17, 15) is 13.2 Å². The summed E-state index contributed by atoms with van der Waals surface area (Å²) >= 11 is 0. The van der Waals surface area contributed by atoms with E-state index in [1.165, 1.54) is 6.92 Å². The molecule has 0 aromatic heterocycles. The minimum atomic E-state index is -3.97. The van der Waals surface area contributed by atoms with Crippen LogP contribution in [0.5, 0.6) is 0 Å². The van der Waals surface area contributed by atoms with Crippen LogP contribution in [-0.2, 0) is 28.3 Å². The van der Waals surface area contributed by atoms with Crippen LogP contribution in [-0.4, -0.2) is 33.2 Å². The van der Waals surface area contributed by atoms with E-state index in [-0.39, 0.29) is 47.8 Å². The third-order valence-corrected chi connectivity index (χ3v) is 7.42. The SMILES string of the molecule is CC(=O)O[C@H]1CC[C@]2(C)CC[C@@H]3[C@H](OS(=O)(=O)OC[C@H]3C)[C@H]2[C@H]1C. The normalized spacial score (nSPS) is 47.8. The molecule has 3 fully saturated rings. The molecule has 7 atom stereocenters. The average Bonchev–Trinajstić information content (AvgIpc) is 2.58. The molecule has 2 saturated carbocycles. The minimum Gasteiger partial charge on any atom is -0.462 e. The van der Waals surface area contributed by atoms with Gasteiger partial charge in [0.05, 0.1) is 12.7 Å². The number of esters is 1. The van der Waals surface area contributed by atoms with Crippen molar-refractivity contribution < 1.29 is 26.3 Å². The van der Waals surface area contributed by atoms with Crippen molar-refractivity contribution >= 4 is 16.4 Å². The van der Waals surface area contributed by atoms with Crippen molar-refractivity contribution in [3.05, 3.63) is 0 Å². The summed E-state index contributed by atoms with van der Waals surface area (Å²) in [5, 5.41) is 0. The lowest BCUT2D eigenvalue weighted by atomic mass is 9.52. The first-order valence-corrected chi connectivity index (χ1v) is 10.2. The Morgan fingerprint density at radius 2 is 1.88 bits per heavy atom. The van der Waals surface area contributed by atoms with Crippen LogP contribution in [0.3, 0.4) is 0 Å². The maximum absolute atomic E-state index is 12.1. The van der Waals surface area contributed by atoms with E-state index in [0.717, 1.165) is 25.7 Å². The molecule has 7 heteroatoms. The third-order valence-electron chi connectivity index (χ3n) is 6.53. The fraction of sp³-hybridized carbons (Fsp3) is 0.941. The van der Waals surface area contributed by atoms with E-state index in [0.29, 0.717) is 0 Å². The van der Waals surface area contributed by atoms with E-state index in [1.807, 2.05) is 6.92 Å². The molecule has 0 aromatic rings. The zero-order valence-electron chi connectivity index (χ0n) is 14.9. The smallest absolute Gasteiger partial charge is 0.400 e. The molecule has 0 spiro atoms. The summed E-state index contributed by atoms with van der Waals surface area (Å²) in [6.45, 7) is 7.91. The predicted octanol–water partition coefficient (Wildman–Crippen LogP) is 2.68. The standard InChI is InChI=1S/C17H28O6S/c1-10-9-21-24(19,20)23-16-13(10)5-7-17(4)8-6-14(22-12(3)18)11(2)15(16)17/h10-11,13-16H,5-9H2,1-4H3/t10-,11+,13+,14+,15-,16+,17+/m1/s1. The average molecular weight is 360 g/mol. The summed E-state index contributed by atoms with van der Waals surface area (Å²) in [4.78, 5) is 11.4. The highest BCUT2D eigenvalue weighted by molar-refractivity contribution is 7.81. The summed E-state index contributed by atoms with van der Waals surface area (Å²) in [6, 6.07) is 0. The van der Waals surface area contributed by atoms with Gasteiger partial charge in [-0.25, -0.2) is 8.37 Å². The Balaban J connectivity index is 1.95. The van der Waals surface area contributed by atoms with Crippen LogP contribution >= 0.6 is 0 Å². The molecule has 0 radical (unpaired) electrons. The van der Waals surface area contributed by atoms with Crippen molar-refractivity contribution in [3.63, 3.8) is 0 Å². The van der Waals surface area contributed by atoms with E-state index in [2.05, 4.69) is 13.8 Å². The Hall–Kier alpha value is -0.660. The van der Waals surface area contributed by atoms with Gasteiger partial charge >= 0.3 is 16.4 Å². The highest BCUT2D eigenvalue weighted by Gasteiger charge is 2.56. The highest BCUT2D eigenvalue weighted by Crippen LogP contribution is 2.57. The van der Waals surface area contributed by atoms with Crippen LogP contribution in [0.15, 0.2) is 0 Å². The van der Waals surface area contributed by atoms with E-state index in [1.54, 1.807) is 0 Å². The highest BCUT2D eigenvalue weighted by atomic mass is 32.3. The number of carbonyl (C=O) groups excluding carboxylic acids is 1. The Kier molecular flexibility index (Phi) is 4.73. The maximum atomic E-state index is 12.1. The quantitative estimate of drug-likeness (QED) is 0.669. The summed E-state index contributed by atoms with van der Waals surface area (Å²) < 4.78 is 40.2. The molecule has 3 rings (SSSR count). The van der Waals surface area contributed by atoms with Gasteiger partial charge in [0.25, 0.3) is 0 Å². The largest absolute Gasteiger partial charge is 0.462 e. The van der Waals surface area contributed by atoms with Crippen LogP contribution < -0.4 is 0 Å². The molecule has 0 aromatic carbocycles. The summed E-state index contributed by atoms with van der Waals surface area (Å²) in [6.07, 6.45) is 3.16. The van der Waals surface area contributed by atoms with Gasteiger partial charge in [0.1, 0.15) is 6.10 Å². The number of fused-ring (bicyclic) bond motifs is 3. The zero-order chi connectivity index (χ0) is 17.7. The van der Waals surface area contributed by atoms with Gasteiger partial charge in [0.15, 0.2) is 0 Å². The molecular weight excluding hydrogens is 332 g/mol. The number of carbonyl (C=O) groups is 1. The van der Waals surface area contributed by atoms with Gasteiger partial charge in [0.2, 0.25) is 0 Å². The minimum absolute atomic E-state index is 0.0107. The van der Waals surface area contributed by atoms with Crippen molar-refractivity contribution in [1.82, 2.24) is 0 Å². The van der Waals surface area contributed by atoms with Crippen molar-refractivity contribution in [2.75, 3.05) is 6.61 Å². The fourth-order valence-electron chi connectivity index (χ4n) is 5.28. The van der Waals surface area contributed by atoms with Gasteiger partial charge in [-0.15, -0.1) is 0 Å². The number of hydrogen-bond acceptors (Lipinski definition) is 6. The lowest BCUT2D eigenvalue weighted by Gasteiger charge is -2.55. The third kappa shape index (κ3) is 3.22. The Labute approximate surface area is 144 Å². The van der Waals surface area contributed by atoms with E-state index in [4.69, 9.17) is 13.1 Å². The molecule has 2 aliphatic carbocycles. The Morgan fingerprint density at radius 1 is 1.21 bits per heavy atom. The van der Waals surface area contributed by atoms with Crippen LogP contribution in [0.1, 0.15) is 53.4 Å². The monoisotopic (exact) mass is 360 g/mol. The number of ether oxygens (including phenoxy) is 1. The first-order chi connectivity index (χ1) is 11.1. The Bertz CT molecular complexity index is 602.